The number of hydrogen-bond donors (Lipinski definition) is 5. The van der Waals surface area contributed by atoms with E-state index >= 15 is 0 Å². The van der Waals surface area contributed by atoms with Crippen molar-refractivity contribution in [2.75, 3.05) is 30.7 Å². The second kappa shape index (κ2) is 17.8. The minimum Gasteiger partial charge on any atom is -0.446 e. The van der Waals surface area contributed by atoms with Gasteiger partial charge in [0.2, 0.25) is 21.8 Å². The molecular formula is C35H49N7O7S. The first kappa shape index (κ1) is 39.7. The quantitative estimate of drug-likeness (QED) is 0.140. The largest absolute Gasteiger partial charge is 0.446 e. The van der Waals surface area contributed by atoms with E-state index < -0.39 is 45.9 Å². The van der Waals surface area contributed by atoms with Gasteiger partial charge < -0.3 is 31.0 Å². The number of benzene rings is 2. The second-order valence-corrected chi connectivity index (χ2v) is 14.6. The number of amides is 4. The van der Waals surface area contributed by atoms with Crippen molar-refractivity contribution in [1.29, 1.82) is 0 Å². The molecule has 0 spiro atoms. The van der Waals surface area contributed by atoms with E-state index in [-0.39, 0.29) is 47.6 Å². The van der Waals surface area contributed by atoms with Crippen LogP contribution in [0.4, 0.5) is 5.69 Å². The SMILES string of the molecule is CCNC(=O)[C@@H](NC(=O)[C@H](C)NC[C@H](Cc1ncc(C)o1)NC(=O)c1cc(C(=O)N[C@H](C)c2ccccc2)cc(N(C)S(C)(=O)=O)c1)C(C)C. The number of anilines is 1. The fourth-order valence-corrected chi connectivity index (χ4v) is 5.50. The van der Waals surface area contributed by atoms with Gasteiger partial charge in [-0.15, -0.1) is 0 Å². The van der Waals surface area contributed by atoms with Crippen molar-refractivity contribution in [2.24, 2.45) is 5.92 Å². The zero-order valence-electron chi connectivity index (χ0n) is 29.9. The van der Waals surface area contributed by atoms with Gasteiger partial charge in [0.05, 0.1) is 36.3 Å². The fourth-order valence-electron chi connectivity index (χ4n) is 5.01. The van der Waals surface area contributed by atoms with Crippen molar-refractivity contribution in [3.8, 4) is 0 Å². The number of nitrogens with one attached hydrogen (secondary N) is 5. The average molecular weight is 712 g/mol. The third-order valence-corrected chi connectivity index (χ3v) is 9.24. The number of hydrogen-bond acceptors (Lipinski definition) is 9. The molecule has 1 aromatic heterocycles. The van der Waals surface area contributed by atoms with E-state index in [1.54, 1.807) is 27.0 Å². The third-order valence-electron chi connectivity index (χ3n) is 8.04. The predicted octanol–water partition coefficient (Wildman–Crippen LogP) is 2.47. The molecule has 0 aliphatic heterocycles. The maximum atomic E-state index is 13.8. The van der Waals surface area contributed by atoms with Crippen LogP contribution in [0.2, 0.25) is 0 Å². The van der Waals surface area contributed by atoms with Gasteiger partial charge in [0.1, 0.15) is 11.8 Å². The molecule has 3 aromatic rings. The first-order valence-electron chi connectivity index (χ1n) is 16.5. The van der Waals surface area contributed by atoms with Crippen LogP contribution in [-0.4, -0.2) is 81.5 Å². The van der Waals surface area contributed by atoms with Crippen molar-refractivity contribution in [1.82, 2.24) is 31.6 Å². The van der Waals surface area contributed by atoms with Gasteiger partial charge in [0.25, 0.3) is 11.8 Å². The average Bonchev–Trinajstić information content (AvgIpc) is 3.48. The zero-order chi connectivity index (χ0) is 37.2. The number of nitrogens with zero attached hydrogens (tertiary/aromatic N) is 2. The lowest BCUT2D eigenvalue weighted by Gasteiger charge is -2.25. The Bertz CT molecular complexity index is 1740. The summed E-state index contributed by atoms with van der Waals surface area (Å²) in [6.45, 7) is 11.2. The maximum absolute atomic E-state index is 13.8. The van der Waals surface area contributed by atoms with E-state index in [1.807, 2.05) is 51.1 Å². The van der Waals surface area contributed by atoms with Crippen LogP contribution in [0.25, 0.3) is 0 Å². The Balaban J connectivity index is 1.86. The smallest absolute Gasteiger partial charge is 0.251 e. The number of aromatic nitrogens is 1. The highest BCUT2D eigenvalue weighted by atomic mass is 32.2. The van der Waals surface area contributed by atoms with E-state index in [9.17, 15) is 27.6 Å². The molecular weight excluding hydrogens is 662 g/mol. The molecule has 0 aliphatic carbocycles. The minimum absolute atomic E-state index is 0.0385. The van der Waals surface area contributed by atoms with Crippen LogP contribution in [0, 0.1) is 12.8 Å². The summed E-state index contributed by atoms with van der Waals surface area (Å²) in [6.07, 6.45) is 2.73. The van der Waals surface area contributed by atoms with E-state index in [4.69, 9.17) is 4.42 Å². The van der Waals surface area contributed by atoms with Crippen LogP contribution in [-0.2, 0) is 26.0 Å². The summed E-state index contributed by atoms with van der Waals surface area (Å²) in [4.78, 5) is 57.1. The van der Waals surface area contributed by atoms with Crippen LogP contribution >= 0.6 is 0 Å². The summed E-state index contributed by atoms with van der Waals surface area (Å²) in [6, 6.07) is 11.0. The molecule has 50 heavy (non-hydrogen) atoms. The molecule has 0 aliphatic rings. The van der Waals surface area contributed by atoms with Gasteiger partial charge in [-0.25, -0.2) is 13.4 Å². The lowest BCUT2D eigenvalue weighted by atomic mass is 10.0. The second-order valence-electron chi connectivity index (χ2n) is 12.6. The van der Waals surface area contributed by atoms with Gasteiger partial charge in [-0.1, -0.05) is 44.2 Å². The molecule has 0 saturated heterocycles. The molecule has 0 fully saturated rings. The first-order valence-corrected chi connectivity index (χ1v) is 18.3. The Morgan fingerprint density at radius 1 is 0.900 bits per heavy atom. The normalized spacial score (nSPS) is 13.9. The molecule has 14 nitrogen and oxygen atoms in total. The molecule has 4 amide bonds. The summed E-state index contributed by atoms with van der Waals surface area (Å²) in [5.74, 6) is -0.996. The van der Waals surface area contributed by atoms with Crippen molar-refractivity contribution >= 4 is 39.3 Å². The van der Waals surface area contributed by atoms with E-state index in [0.29, 0.717) is 18.2 Å². The molecule has 3 rings (SSSR count). The lowest BCUT2D eigenvalue weighted by Crippen LogP contribution is -2.55. The predicted molar refractivity (Wildman–Crippen MR) is 191 cm³/mol. The Labute approximate surface area is 294 Å². The van der Waals surface area contributed by atoms with Crippen LogP contribution in [0.5, 0.6) is 0 Å². The molecule has 1 heterocycles. The summed E-state index contributed by atoms with van der Waals surface area (Å²) in [5.41, 5.74) is 1.11. The van der Waals surface area contributed by atoms with Crippen molar-refractivity contribution in [2.45, 2.75) is 72.1 Å². The Kier molecular flexibility index (Phi) is 14.1. The standard InChI is InChI=1S/C35H49N7O7S/c1-9-36-35(46)31(21(2)3)41-32(43)24(6)37-20-28(18-30-38-19-22(4)49-30)40-34(45)27-15-26(16-29(17-27)42(7)50(8,47)48)33(44)39-23(5)25-13-11-10-12-14-25/h10-17,19,21,23-24,28,31,37H,9,18,20H2,1-8H3,(H,36,46)(H,39,44)(H,40,45)(H,41,43)/t23-,24+,28+,31+/m1/s1. The topological polar surface area (TPSA) is 192 Å². The Morgan fingerprint density at radius 3 is 2.06 bits per heavy atom. The van der Waals surface area contributed by atoms with Gasteiger partial charge in [-0.2, -0.15) is 0 Å². The molecule has 0 unspecified atom stereocenters. The number of rotatable bonds is 17. The van der Waals surface area contributed by atoms with Crippen molar-refractivity contribution < 1.29 is 32.0 Å². The van der Waals surface area contributed by atoms with Crippen LogP contribution < -0.4 is 30.9 Å². The van der Waals surface area contributed by atoms with Gasteiger partial charge in [-0.05, 0) is 57.4 Å². The zero-order valence-corrected chi connectivity index (χ0v) is 30.7. The van der Waals surface area contributed by atoms with Crippen LogP contribution in [0.15, 0.2) is 59.1 Å². The highest BCUT2D eigenvalue weighted by molar-refractivity contribution is 7.92. The molecule has 0 bridgehead atoms. The number of sulfonamides is 1. The van der Waals surface area contributed by atoms with E-state index in [1.165, 1.54) is 25.2 Å². The highest BCUT2D eigenvalue weighted by Gasteiger charge is 2.27. The summed E-state index contributed by atoms with van der Waals surface area (Å²) >= 11 is 0. The minimum atomic E-state index is -3.74. The molecule has 4 atom stereocenters. The summed E-state index contributed by atoms with van der Waals surface area (Å²) in [5, 5.41) is 14.5. The van der Waals surface area contributed by atoms with Gasteiger partial charge in [0.15, 0.2) is 5.89 Å². The molecule has 15 heteroatoms. The molecule has 0 radical (unpaired) electrons. The first-order chi connectivity index (χ1) is 23.5. The van der Waals surface area contributed by atoms with Gasteiger partial charge >= 0.3 is 0 Å². The van der Waals surface area contributed by atoms with Crippen molar-refractivity contribution in [3.05, 3.63) is 83.1 Å². The Morgan fingerprint density at radius 2 is 1.52 bits per heavy atom. The summed E-state index contributed by atoms with van der Waals surface area (Å²) in [7, 11) is -2.41. The van der Waals surface area contributed by atoms with Crippen LogP contribution in [0.1, 0.15) is 78.6 Å². The number of oxazole rings is 1. The maximum Gasteiger partial charge on any atom is 0.251 e. The highest BCUT2D eigenvalue weighted by Crippen LogP contribution is 2.22. The molecule has 5 N–H and O–H groups in total. The van der Waals surface area contributed by atoms with Crippen LogP contribution in [0.3, 0.4) is 0 Å². The molecule has 272 valence electrons. The Hall–Kier alpha value is -4.76. The summed E-state index contributed by atoms with van der Waals surface area (Å²) < 4.78 is 31.6. The number of carbonyl (C=O) groups is 4. The van der Waals surface area contributed by atoms with Crippen molar-refractivity contribution in [3.63, 3.8) is 0 Å². The monoisotopic (exact) mass is 711 g/mol. The fraction of sp³-hybridized carbons (Fsp3) is 0.457. The lowest BCUT2D eigenvalue weighted by molar-refractivity contribution is -0.130. The molecule has 2 aromatic carbocycles. The number of likely N-dealkylation sites (N-methyl/N-ethyl adjacent to an activating group) is 1. The van der Waals surface area contributed by atoms with Gasteiger partial charge in [-0.3, -0.25) is 23.5 Å². The third kappa shape index (κ3) is 11.4. The number of aryl methyl sites for hydroxylation is 1. The van der Waals surface area contributed by atoms with E-state index in [0.717, 1.165) is 16.1 Å². The van der Waals surface area contributed by atoms with Gasteiger partial charge in [0, 0.05) is 37.7 Å². The number of carbonyl (C=O) groups excluding carboxylic acids is 4. The molecule has 0 saturated carbocycles. The van der Waals surface area contributed by atoms with E-state index in [2.05, 4.69) is 31.6 Å².